The number of nitrogens with zero attached hydrogens (tertiary/aromatic N) is 2. The van der Waals surface area contributed by atoms with E-state index < -0.39 is 0 Å². The van der Waals surface area contributed by atoms with Crippen molar-refractivity contribution in [3.63, 3.8) is 0 Å². The number of anilines is 1. The highest BCUT2D eigenvalue weighted by Gasteiger charge is 2.28. The number of nitrogens with one attached hydrogen (secondary N) is 2. The van der Waals surface area contributed by atoms with Crippen LogP contribution < -0.4 is 5.32 Å². The number of piperidine rings is 1. The van der Waals surface area contributed by atoms with Gasteiger partial charge in [0.1, 0.15) is 6.61 Å². The first-order valence-corrected chi connectivity index (χ1v) is 9.25. The summed E-state index contributed by atoms with van der Waals surface area (Å²) in [7, 11) is 1.47. The van der Waals surface area contributed by atoms with Crippen molar-refractivity contribution in [3.05, 3.63) is 46.2 Å². The third kappa shape index (κ3) is 4.48. The van der Waals surface area contributed by atoms with Gasteiger partial charge in [0.25, 0.3) is 5.91 Å². The Kier molecular flexibility index (Phi) is 6.13. The van der Waals surface area contributed by atoms with Gasteiger partial charge in [-0.05, 0) is 37.5 Å². The lowest BCUT2D eigenvalue weighted by Crippen LogP contribution is -2.39. The fourth-order valence-electron chi connectivity index (χ4n) is 3.33. The predicted octanol–water partition coefficient (Wildman–Crippen LogP) is 2.98. The zero-order valence-electron chi connectivity index (χ0n) is 15.4. The smallest absolute Gasteiger partial charge is 0.253 e. The summed E-state index contributed by atoms with van der Waals surface area (Å²) in [6.45, 7) is 3.14. The summed E-state index contributed by atoms with van der Waals surface area (Å²) in [4.78, 5) is 26.5. The van der Waals surface area contributed by atoms with Crippen molar-refractivity contribution in [1.29, 1.82) is 0 Å². The highest BCUT2D eigenvalue weighted by atomic mass is 35.5. The second-order valence-electron chi connectivity index (χ2n) is 6.73. The number of aromatic amines is 1. The van der Waals surface area contributed by atoms with Gasteiger partial charge < -0.3 is 15.0 Å². The van der Waals surface area contributed by atoms with Crippen LogP contribution in [0.25, 0.3) is 0 Å². The number of aryl methyl sites for hydroxylation is 1. The van der Waals surface area contributed by atoms with Crippen LogP contribution in [-0.4, -0.2) is 53.7 Å². The average Bonchev–Trinajstić information content (AvgIpc) is 3.11. The van der Waals surface area contributed by atoms with E-state index in [2.05, 4.69) is 15.5 Å². The summed E-state index contributed by atoms with van der Waals surface area (Å²) in [5.74, 6) is -0.201. The molecule has 8 heteroatoms. The minimum atomic E-state index is -0.238. The monoisotopic (exact) mass is 390 g/mol. The van der Waals surface area contributed by atoms with Crippen molar-refractivity contribution in [1.82, 2.24) is 15.1 Å². The first-order chi connectivity index (χ1) is 13.0. The number of ether oxygens (including phenoxy) is 1. The summed E-state index contributed by atoms with van der Waals surface area (Å²) in [6.07, 6.45) is 3.37. The highest BCUT2D eigenvalue weighted by molar-refractivity contribution is 6.31. The molecular weight excluding hydrogens is 368 g/mol. The molecule has 0 saturated carbocycles. The molecule has 2 N–H and O–H groups in total. The van der Waals surface area contributed by atoms with Crippen molar-refractivity contribution in [2.75, 3.05) is 32.1 Å². The minimum Gasteiger partial charge on any atom is -0.375 e. The number of H-pyrrole nitrogens is 1. The molecule has 7 nitrogen and oxygen atoms in total. The summed E-state index contributed by atoms with van der Waals surface area (Å²) in [5, 5.41) is 10.4. The molecule has 3 rings (SSSR count). The Bertz CT molecular complexity index is 836. The summed E-state index contributed by atoms with van der Waals surface area (Å²) in [5.41, 5.74) is 3.00. The number of methoxy groups -OCH3 is 1. The highest BCUT2D eigenvalue weighted by Crippen LogP contribution is 2.31. The molecule has 0 unspecified atom stereocenters. The molecular formula is C19H23ClN4O3. The molecule has 1 atom stereocenters. The Morgan fingerprint density at radius 2 is 2.26 bits per heavy atom. The van der Waals surface area contributed by atoms with E-state index in [0.29, 0.717) is 29.4 Å². The zero-order valence-corrected chi connectivity index (χ0v) is 16.2. The van der Waals surface area contributed by atoms with Gasteiger partial charge in [0.05, 0.1) is 17.6 Å². The maximum Gasteiger partial charge on any atom is 0.253 e. The Balaban J connectivity index is 1.73. The average molecular weight is 391 g/mol. The Hall–Kier alpha value is -2.38. The molecule has 1 aliphatic rings. The Morgan fingerprint density at radius 1 is 1.44 bits per heavy atom. The molecule has 1 aliphatic heterocycles. The van der Waals surface area contributed by atoms with Gasteiger partial charge in [-0.25, -0.2) is 0 Å². The molecule has 0 radical (unpaired) electrons. The van der Waals surface area contributed by atoms with E-state index in [9.17, 15) is 9.59 Å². The number of rotatable bonds is 5. The molecule has 0 aliphatic carbocycles. The molecule has 1 fully saturated rings. The number of likely N-dealkylation sites (tertiary alicyclic amines) is 1. The van der Waals surface area contributed by atoms with Gasteiger partial charge in [-0.3, -0.25) is 14.7 Å². The van der Waals surface area contributed by atoms with E-state index in [1.807, 2.05) is 17.9 Å². The third-order valence-corrected chi connectivity index (χ3v) is 5.16. The zero-order chi connectivity index (χ0) is 19.4. The number of aromatic nitrogens is 2. The van der Waals surface area contributed by atoms with Crippen LogP contribution in [0.5, 0.6) is 0 Å². The fourth-order valence-corrected chi connectivity index (χ4v) is 3.51. The number of amides is 2. The van der Waals surface area contributed by atoms with Crippen LogP contribution >= 0.6 is 11.6 Å². The maximum absolute atomic E-state index is 12.9. The van der Waals surface area contributed by atoms with E-state index in [-0.39, 0.29) is 24.3 Å². The molecule has 2 aromatic rings. The second-order valence-corrected chi connectivity index (χ2v) is 7.14. The largest absolute Gasteiger partial charge is 0.375 e. The minimum absolute atomic E-state index is 0.0198. The van der Waals surface area contributed by atoms with Gasteiger partial charge in [0.15, 0.2) is 0 Å². The van der Waals surface area contributed by atoms with E-state index in [1.165, 1.54) is 7.11 Å². The first-order valence-electron chi connectivity index (χ1n) is 8.87. The molecule has 27 heavy (non-hydrogen) atoms. The number of carbonyl (C=O) groups excluding carboxylic acids is 2. The van der Waals surface area contributed by atoms with E-state index in [4.69, 9.17) is 16.3 Å². The van der Waals surface area contributed by atoms with Gasteiger partial charge in [0.2, 0.25) is 5.91 Å². The van der Waals surface area contributed by atoms with Crippen LogP contribution in [0.2, 0.25) is 5.02 Å². The topological polar surface area (TPSA) is 87.3 Å². The Morgan fingerprint density at radius 3 is 3.00 bits per heavy atom. The number of halogens is 1. The molecule has 144 valence electrons. The lowest BCUT2D eigenvalue weighted by molar-refractivity contribution is -0.119. The lowest BCUT2D eigenvalue weighted by atomic mass is 9.93. The summed E-state index contributed by atoms with van der Waals surface area (Å²) in [6, 6.07) is 5.38. The molecule has 1 aromatic carbocycles. The molecule has 0 bridgehead atoms. The molecule has 1 saturated heterocycles. The van der Waals surface area contributed by atoms with Crippen molar-refractivity contribution in [3.8, 4) is 0 Å². The van der Waals surface area contributed by atoms with Crippen molar-refractivity contribution in [2.45, 2.75) is 25.7 Å². The predicted molar refractivity (Wildman–Crippen MR) is 103 cm³/mol. The van der Waals surface area contributed by atoms with Gasteiger partial charge in [0, 0.05) is 36.7 Å². The SMILES string of the molecule is COCC(=O)Nc1cn[nH]c1[C@@H]1CCCN(C(=O)c2ccc(C)c(Cl)c2)C1. The van der Waals surface area contributed by atoms with Gasteiger partial charge in [-0.15, -0.1) is 0 Å². The molecule has 2 amide bonds. The van der Waals surface area contributed by atoms with Crippen LogP contribution in [0.15, 0.2) is 24.4 Å². The van der Waals surface area contributed by atoms with Crippen LogP contribution in [0, 0.1) is 6.92 Å². The first kappa shape index (κ1) is 19.4. The van der Waals surface area contributed by atoms with E-state index in [1.54, 1.807) is 18.3 Å². The lowest BCUT2D eigenvalue weighted by Gasteiger charge is -2.32. The summed E-state index contributed by atoms with van der Waals surface area (Å²) < 4.78 is 4.85. The quantitative estimate of drug-likeness (QED) is 0.821. The van der Waals surface area contributed by atoms with Crippen LogP contribution in [0.4, 0.5) is 5.69 Å². The number of carbonyl (C=O) groups is 2. The van der Waals surface area contributed by atoms with Crippen molar-refractivity contribution in [2.24, 2.45) is 0 Å². The third-order valence-electron chi connectivity index (χ3n) is 4.75. The number of benzene rings is 1. The second kappa shape index (κ2) is 8.54. The maximum atomic E-state index is 12.9. The van der Waals surface area contributed by atoms with Gasteiger partial charge >= 0.3 is 0 Å². The normalized spacial score (nSPS) is 17.0. The van der Waals surface area contributed by atoms with Crippen molar-refractivity contribution >= 4 is 29.1 Å². The summed E-state index contributed by atoms with van der Waals surface area (Å²) >= 11 is 6.17. The van der Waals surface area contributed by atoms with Gasteiger partial charge in [-0.2, -0.15) is 5.10 Å². The number of hydrogen-bond donors (Lipinski definition) is 2. The molecule has 2 heterocycles. The van der Waals surface area contributed by atoms with Crippen molar-refractivity contribution < 1.29 is 14.3 Å². The molecule has 0 spiro atoms. The Labute approximate surface area is 163 Å². The molecule has 1 aromatic heterocycles. The van der Waals surface area contributed by atoms with Crippen LogP contribution in [0.1, 0.15) is 40.4 Å². The van der Waals surface area contributed by atoms with Crippen LogP contribution in [-0.2, 0) is 9.53 Å². The standard InChI is InChI=1S/C19H23ClN4O3/c1-12-5-6-13(8-15(12)20)19(26)24-7-3-4-14(10-24)18-16(9-21-23-18)22-17(25)11-27-2/h5-6,8-9,14H,3-4,7,10-11H2,1-2H3,(H,21,23)(H,22,25)/t14-/m1/s1. The van der Waals surface area contributed by atoms with E-state index in [0.717, 1.165) is 24.1 Å². The van der Waals surface area contributed by atoms with Crippen LogP contribution in [0.3, 0.4) is 0 Å². The van der Waals surface area contributed by atoms with Gasteiger partial charge in [-0.1, -0.05) is 17.7 Å². The van der Waals surface area contributed by atoms with E-state index >= 15 is 0 Å². The fraction of sp³-hybridized carbons (Fsp3) is 0.421. The number of hydrogen-bond acceptors (Lipinski definition) is 4.